The largest absolute Gasteiger partial charge is 0.239 e. The maximum absolute atomic E-state index is 11.0. The van der Waals surface area contributed by atoms with Gasteiger partial charge in [0.15, 0.2) is 0 Å². The standard InChI is InChI=1S/C8H8Cl2O2S/c1-6(13(10,11)12)7-4-2-3-5-8(7)9/h2-6H,1H3. The Morgan fingerprint density at radius 1 is 1.31 bits per heavy atom. The predicted molar refractivity (Wildman–Crippen MR) is 54.6 cm³/mol. The molecule has 0 N–H and O–H groups in total. The molecule has 1 unspecified atom stereocenters. The third-order valence-electron chi connectivity index (χ3n) is 1.77. The van der Waals surface area contributed by atoms with Crippen LogP contribution in [0.25, 0.3) is 0 Å². The van der Waals surface area contributed by atoms with Crippen molar-refractivity contribution < 1.29 is 8.42 Å². The molecule has 0 bridgehead atoms. The van der Waals surface area contributed by atoms with Crippen LogP contribution < -0.4 is 0 Å². The van der Waals surface area contributed by atoms with Crippen molar-refractivity contribution in [1.82, 2.24) is 0 Å². The van der Waals surface area contributed by atoms with E-state index in [1.807, 2.05) is 0 Å². The predicted octanol–water partition coefficient (Wildman–Crippen LogP) is 2.97. The smallest absolute Gasteiger partial charge is 0.212 e. The number of halogens is 2. The molecule has 0 heterocycles. The van der Waals surface area contributed by atoms with E-state index in [-0.39, 0.29) is 0 Å². The average Bonchev–Trinajstić information content (AvgIpc) is 2.02. The maximum atomic E-state index is 11.0. The van der Waals surface area contributed by atoms with Gasteiger partial charge in [0.05, 0.1) is 5.25 Å². The second-order valence-corrected chi connectivity index (χ2v) is 6.00. The second kappa shape index (κ2) is 3.86. The van der Waals surface area contributed by atoms with Gasteiger partial charge in [-0.05, 0) is 18.6 Å². The zero-order chi connectivity index (χ0) is 10.1. The van der Waals surface area contributed by atoms with Crippen LogP contribution in [-0.4, -0.2) is 8.42 Å². The zero-order valence-corrected chi connectivity index (χ0v) is 9.20. The van der Waals surface area contributed by atoms with Gasteiger partial charge in [-0.1, -0.05) is 29.8 Å². The minimum absolute atomic E-state index is 0.416. The van der Waals surface area contributed by atoms with E-state index in [0.717, 1.165) is 0 Å². The normalized spacial score (nSPS) is 14.1. The Morgan fingerprint density at radius 3 is 2.31 bits per heavy atom. The zero-order valence-electron chi connectivity index (χ0n) is 6.87. The van der Waals surface area contributed by atoms with Crippen LogP contribution >= 0.6 is 22.3 Å². The molecule has 0 amide bonds. The van der Waals surface area contributed by atoms with Crippen LogP contribution in [0.3, 0.4) is 0 Å². The second-order valence-electron chi connectivity index (χ2n) is 2.64. The summed E-state index contributed by atoms with van der Waals surface area (Å²) in [6, 6.07) is 6.74. The van der Waals surface area contributed by atoms with E-state index in [9.17, 15) is 8.42 Å². The fourth-order valence-corrected chi connectivity index (χ4v) is 2.12. The molecule has 0 radical (unpaired) electrons. The van der Waals surface area contributed by atoms with E-state index in [1.54, 1.807) is 24.3 Å². The molecule has 0 saturated carbocycles. The van der Waals surface area contributed by atoms with Crippen molar-refractivity contribution >= 4 is 31.3 Å². The van der Waals surface area contributed by atoms with Crippen molar-refractivity contribution in [2.75, 3.05) is 0 Å². The van der Waals surface area contributed by atoms with Gasteiger partial charge in [0, 0.05) is 15.7 Å². The molecule has 0 aromatic heterocycles. The fourth-order valence-electron chi connectivity index (χ4n) is 0.956. The summed E-state index contributed by atoms with van der Waals surface area (Å²) in [5.74, 6) is 0. The highest BCUT2D eigenvalue weighted by atomic mass is 35.7. The summed E-state index contributed by atoms with van der Waals surface area (Å²) < 4.78 is 22.0. The van der Waals surface area contributed by atoms with E-state index in [4.69, 9.17) is 22.3 Å². The Hall–Kier alpha value is -0.250. The molecule has 5 heteroatoms. The summed E-state index contributed by atoms with van der Waals surface area (Å²) in [5, 5.41) is -0.359. The van der Waals surface area contributed by atoms with Gasteiger partial charge in [-0.3, -0.25) is 0 Å². The lowest BCUT2D eigenvalue weighted by Gasteiger charge is -2.09. The van der Waals surface area contributed by atoms with Gasteiger partial charge in [-0.2, -0.15) is 0 Å². The van der Waals surface area contributed by atoms with Gasteiger partial charge in [-0.15, -0.1) is 0 Å². The van der Waals surface area contributed by atoms with E-state index in [0.29, 0.717) is 10.6 Å². The fraction of sp³-hybridized carbons (Fsp3) is 0.250. The van der Waals surface area contributed by atoms with Crippen molar-refractivity contribution in [1.29, 1.82) is 0 Å². The average molecular weight is 239 g/mol. The summed E-state index contributed by atoms with van der Waals surface area (Å²) >= 11 is 5.80. The van der Waals surface area contributed by atoms with Crippen LogP contribution in [0.5, 0.6) is 0 Å². The quantitative estimate of drug-likeness (QED) is 0.743. The van der Waals surface area contributed by atoms with Crippen LogP contribution in [-0.2, 0) is 9.05 Å². The summed E-state index contributed by atoms with van der Waals surface area (Å²) in [5.41, 5.74) is 0.527. The molecule has 0 aliphatic heterocycles. The molecule has 0 fully saturated rings. The molecule has 0 saturated heterocycles. The Kier molecular flexibility index (Phi) is 3.22. The van der Waals surface area contributed by atoms with Crippen LogP contribution in [0.15, 0.2) is 24.3 Å². The molecule has 0 aliphatic carbocycles. The van der Waals surface area contributed by atoms with E-state index in [1.165, 1.54) is 6.92 Å². The maximum Gasteiger partial charge on any atom is 0.239 e. The summed E-state index contributed by atoms with van der Waals surface area (Å²) in [7, 11) is 1.61. The molecular weight excluding hydrogens is 231 g/mol. The molecule has 2 nitrogen and oxygen atoms in total. The van der Waals surface area contributed by atoms with Crippen LogP contribution in [0.2, 0.25) is 5.02 Å². The third kappa shape index (κ3) is 2.59. The molecule has 72 valence electrons. The highest BCUT2D eigenvalue weighted by Gasteiger charge is 2.21. The topological polar surface area (TPSA) is 34.1 Å². The van der Waals surface area contributed by atoms with Crippen molar-refractivity contribution in [3.05, 3.63) is 34.9 Å². The Bertz CT molecular complexity index is 400. The van der Waals surface area contributed by atoms with Crippen LogP contribution in [0, 0.1) is 0 Å². The lowest BCUT2D eigenvalue weighted by Crippen LogP contribution is -2.03. The van der Waals surface area contributed by atoms with Gasteiger partial charge in [0.25, 0.3) is 0 Å². The minimum Gasteiger partial charge on any atom is -0.212 e. The van der Waals surface area contributed by atoms with E-state index in [2.05, 4.69) is 0 Å². The number of benzene rings is 1. The first-order chi connectivity index (χ1) is 5.93. The summed E-state index contributed by atoms with van der Waals surface area (Å²) in [4.78, 5) is 0. The minimum atomic E-state index is -3.59. The SMILES string of the molecule is CC(c1ccccc1Cl)S(=O)(=O)Cl. The van der Waals surface area contributed by atoms with E-state index >= 15 is 0 Å². The Balaban J connectivity index is 3.17. The first-order valence-electron chi connectivity index (χ1n) is 3.61. The lowest BCUT2D eigenvalue weighted by molar-refractivity contribution is 0.600. The Morgan fingerprint density at radius 2 is 1.85 bits per heavy atom. The molecule has 0 spiro atoms. The number of hydrogen-bond acceptors (Lipinski definition) is 2. The van der Waals surface area contributed by atoms with Gasteiger partial charge in [0.1, 0.15) is 0 Å². The Labute approximate surface area is 86.9 Å². The van der Waals surface area contributed by atoms with Gasteiger partial charge < -0.3 is 0 Å². The molecule has 0 aliphatic rings. The molecule has 13 heavy (non-hydrogen) atoms. The van der Waals surface area contributed by atoms with Crippen LogP contribution in [0.4, 0.5) is 0 Å². The highest BCUT2D eigenvalue weighted by Crippen LogP contribution is 2.30. The van der Waals surface area contributed by atoms with Gasteiger partial charge in [-0.25, -0.2) is 8.42 Å². The van der Waals surface area contributed by atoms with Crippen molar-refractivity contribution in [2.24, 2.45) is 0 Å². The molecule has 1 aromatic rings. The summed E-state index contributed by atoms with van der Waals surface area (Å²) in [6.45, 7) is 1.50. The van der Waals surface area contributed by atoms with Gasteiger partial charge in [0.2, 0.25) is 9.05 Å². The lowest BCUT2D eigenvalue weighted by atomic mass is 10.2. The van der Waals surface area contributed by atoms with Gasteiger partial charge >= 0.3 is 0 Å². The van der Waals surface area contributed by atoms with Crippen molar-refractivity contribution in [3.63, 3.8) is 0 Å². The van der Waals surface area contributed by atoms with Crippen molar-refractivity contribution in [2.45, 2.75) is 12.2 Å². The molecule has 1 atom stereocenters. The van der Waals surface area contributed by atoms with Crippen LogP contribution in [0.1, 0.15) is 17.7 Å². The third-order valence-corrected chi connectivity index (χ3v) is 4.01. The number of rotatable bonds is 2. The molecular formula is C8H8Cl2O2S. The molecule has 1 aromatic carbocycles. The highest BCUT2D eigenvalue weighted by molar-refractivity contribution is 8.13. The number of hydrogen-bond donors (Lipinski definition) is 0. The van der Waals surface area contributed by atoms with E-state index < -0.39 is 14.3 Å². The monoisotopic (exact) mass is 238 g/mol. The molecule has 1 rings (SSSR count). The summed E-state index contributed by atoms with van der Waals surface area (Å²) in [6.07, 6.45) is 0. The first-order valence-corrected chi connectivity index (χ1v) is 6.36. The van der Waals surface area contributed by atoms with Crippen molar-refractivity contribution in [3.8, 4) is 0 Å². The first kappa shape index (κ1) is 10.8.